The fourth-order valence-corrected chi connectivity index (χ4v) is 2.73. The van der Waals surface area contributed by atoms with Crippen molar-refractivity contribution in [1.82, 2.24) is 9.88 Å². The van der Waals surface area contributed by atoms with Crippen LogP contribution in [0.1, 0.15) is 16.9 Å². The van der Waals surface area contributed by atoms with Gasteiger partial charge in [-0.15, -0.1) is 0 Å². The number of benzene rings is 1. The van der Waals surface area contributed by atoms with Gasteiger partial charge in [0.1, 0.15) is 11.5 Å². The number of aryl methyl sites for hydroxylation is 1. The number of carbonyl (C=O) groups is 2. The van der Waals surface area contributed by atoms with Crippen molar-refractivity contribution in [2.75, 3.05) is 12.0 Å². The van der Waals surface area contributed by atoms with Crippen LogP contribution in [0.4, 0.5) is 4.39 Å². The van der Waals surface area contributed by atoms with E-state index in [0.717, 1.165) is 0 Å². The van der Waals surface area contributed by atoms with Gasteiger partial charge in [-0.2, -0.15) is 11.8 Å². The van der Waals surface area contributed by atoms with E-state index in [0.29, 0.717) is 16.7 Å². The van der Waals surface area contributed by atoms with Crippen LogP contribution >= 0.6 is 11.8 Å². The Hall–Kier alpha value is -2.02. The van der Waals surface area contributed by atoms with Crippen LogP contribution in [0.15, 0.2) is 24.3 Å². The summed E-state index contributed by atoms with van der Waals surface area (Å²) in [7, 11) is 1.67. The van der Waals surface area contributed by atoms with Crippen molar-refractivity contribution in [2.24, 2.45) is 7.05 Å². The molecule has 0 saturated carbocycles. The summed E-state index contributed by atoms with van der Waals surface area (Å²) in [6.45, 7) is 0. The van der Waals surface area contributed by atoms with Gasteiger partial charge in [0.05, 0.1) is 12.0 Å². The number of carboxylic acids is 1. The highest BCUT2D eigenvalue weighted by molar-refractivity contribution is 7.98. The van der Waals surface area contributed by atoms with Gasteiger partial charge in [0.25, 0.3) is 5.91 Å². The molecule has 0 aliphatic carbocycles. The summed E-state index contributed by atoms with van der Waals surface area (Å²) in [5.41, 5.74) is 0.969. The van der Waals surface area contributed by atoms with Crippen LogP contribution < -0.4 is 10.4 Å². The fourth-order valence-electron chi connectivity index (χ4n) is 2.26. The first kappa shape index (κ1) is 16.4. The van der Waals surface area contributed by atoms with E-state index in [-0.39, 0.29) is 12.1 Å². The number of hydrogen-bond donors (Lipinski definition) is 1. The molecular formula is C15H16FN2O3S-. The molecule has 22 heavy (non-hydrogen) atoms. The van der Waals surface area contributed by atoms with Gasteiger partial charge in [-0.05, 0) is 42.7 Å². The van der Waals surface area contributed by atoms with Crippen LogP contribution in [0.25, 0.3) is 10.9 Å². The third kappa shape index (κ3) is 3.41. The summed E-state index contributed by atoms with van der Waals surface area (Å²) in [5, 5.41) is 14.1. The number of amides is 1. The maximum atomic E-state index is 13.2. The monoisotopic (exact) mass is 323 g/mol. The van der Waals surface area contributed by atoms with Crippen LogP contribution in [0.3, 0.4) is 0 Å². The number of halogens is 1. The number of fused-ring (bicyclic) bond motifs is 1. The number of hydrogen-bond acceptors (Lipinski definition) is 4. The molecule has 0 spiro atoms. The standard InChI is InChI=1S/C15H17FN2O3S/c1-18-12-4-3-10(16)7-9(12)8-13(18)14(19)17-11(15(20)21)5-6-22-2/h3-4,7-8,11H,5-6H2,1-2H3,(H,17,19)(H,20,21)/p-1/t11-/m0/s1. The fraction of sp³-hybridized carbons (Fsp3) is 0.333. The minimum atomic E-state index is -1.31. The predicted octanol–water partition coefficient (Wildman–Crippen LogP) is 0.919. The SMILES string of the molecule is CSCC[C@H](NC(=O)c1cc2cc(F)ccc2n1C)C(=O)[O-]. The van der Waals surface area contributed by atoms with E-state index in [1.165, 1.54) is 30.0 Å². The molecule has 118 valence electrons. The molecule has 1 amide bonds. The highest BCUT2D eigenvalue weighted by atomic mass is 32.2. The van der Waals surface area contributed by atoms with Gasteiger partial charge in [-0.3, -0.25) is 4.79 Å². The van der Waals surface area contributed by atoms with Crippen molar-refractivity contribution in [1.29, 1.82) is 0 Å². The molecule has 7 heteroatoms. The van der Waals surface area contributed by atoms with E-state index >= 15 is 0 Å². The third-order valence-electron chi connectivity index (χ3n) is 3.44. The molecule has 1 aromatic heterocycles. The average molecular weight is 323 g/mol. The first-order chi connectivity index (χ1) is 10.4. The number of nitrogens with zero attached hydrogens (tertiary/aromatic N) is 1. The Kier molecular flexibility index (Phi) is 5.07. The number of aromatic nitrogens is 1. The number of aliphatic carboxylic acids is 1. The van der Waals surface area contributed by atoms with Crippen molar-refractivity contribution in [2.45, 2.75) is 12.5 Å². The lowest BCUT2D eigenvalue weighted by Crippen LogP contribution is -2.48. The lowest BCUT2D eigenvalue weighted by atomic mass is 10.2. The van der Waals surface area contributed by atoms with Crippen molar-refractivity contribution < 1.29 is 19.1 Å². The van der Waals surface area contributed by atoms with Gasteiger partial charge < -0.3 is 19.8 Å². The average Bonchev–Trinajstić information content (AvgIpc) is 2.79. The highest BCUT2D eigenvalue weighted by Crippen LogP contribution is 2.20. The molecule has 1 heterocycles. The Labute approximate surface area is 131 Å². The Balaban J connectivity index is 2.25. The first-order valence-corrected chi connectivity index (χ1v) is 8.09. The van der Waals surface area contributed by atoms with Crippen LogP contribution in [0, 0.1) is 5.82 Å². The molecule has 0 radical (unpaired) electrons. The van der Waals surface area contributed by atoms with Crippen LogP contribution in [-0.2, 0) is 11.8 Å². The van der Waals surface area contributed by atoms with Crippen molar-refractivity contribution in [3.05, 3.63) is 35.8 Å². The molecule has 0 fully saturated rings. The maximum Gasteiger partial charge on any atom is 0.268 e. The normalized spacial score (nSPS) is 12.3. The molecule has 1 N–H and O–H groups in total. The largest absolute Gasteiger partial charge is 0.548 e. The smallest absolute Gasteiger partial charge is 0.268 e. The molecule has 2 aromatic rings. The summed E-state index contributed by atoms with van der Waals surface area (Å²) in [6, 6.07) is 4.71. The molecule has 2 rings (SSSR count). The molecule has 0 unspecified atom stereocenters. The molecule has 0 bridgehead atoms. The predicted molar refractivity (Wildman–Crippen MR) is 82.1 cm³/mol. The van der Waals surface area contributed by atoms with E-state index in [1.807, 2.05) is 6.26 Å². The van der Waals surface area contributed by atoms with Gasteiger partial charge in [0.15, 0.2) is 0 Å². The zero-order valence-electron chi connectivity index (χ0n) is 12.3. The van der Waals surface area contributed by atoms with Gasteiger partial charge in [-0.1, -0.05) is 0 Å². The van der Waals surface area contributed by atoms with E-state index in [2.05, 4.69) is 5.32 Å². The van der Waals surface area contributed by atoms with Gasteiger partial charge in [0.2, 0.25) is 0 Å². The van der Waals surface area contributed by atoms with Crippen molar-refractivity contribution >= 4 is 34.5 Å². The molecule has 0 aliphatic heterocycles. The minimum Gasteiger partial charge on any atom is -0.548 e. The van der Waals surface area contributed by atoms with Gasteiger partial charge >= 0.3 is 0 Å². The van der Waals surface area contributed by atoms with Crippen molar-refractivity contribution in [3.63, 3.8) is 0 Å². The number of carboxylic acid groups (broad SMARTS) is 1. The van der Waals surface area contributed by atoms with Crippen LogP contribution in [0.2, 0.25) is 0 Å². The maximum absolute atomic E-state index is 13.2. The number of rotatable bonds is 6. The van der Waals surface area contributed by atoms with Crippen molar-refractivity contribution in [3.8, 4) is 0 Å². The Morgan fingerprint density at radius 1 is 1.41 bits per heavy atom. The topological polar surface area (TPSA) is 74.2 Å². The number of thioether (sulfide) groups is 1. The Morgan fingerprint density at radius 2 is 2.14 bits per heavy atom. The molecule has 5 nitrogen and oxygen atoms in total. The highest BCUT2D eigenvalue weighted by Gasteiger charge is 2.18. The second kappa shape index (κ2) is 6.83. The number of nitrogens with one attached hydrogen (secondary N) is 1. The quantitative estimate of drug-likeness (QED) is 0.858. The van der Waals surface area contributed by atoms with Gasteiger partial charge in [-0.25, -0.2) is 4.39 Å². The summed E-state index contributed by atoms with van der Waals surface area (Å²) in [5.74, 6) is -1.63. The van der Waals surface area contributed by atoms with E-state index in [1.54, 1.807) is 17.7 Å². The second-order valence-corrected chi connectivity index (χ2v) is 5.90. The first-order valence-electron chi connectivity index (χ1n) is 6.69. The molecule has 0 aliphatic rings. The summed E-state index contributed by atoms with van der Waals surface area (Å²) >= 11 is 1.49. The molecule has 0 saturated heterocycles. The van der Waals surface area contributed by atoms with E-state index in [9.17, 15) is 19.1 Å². The number of carbonyl (C=O) groups excluding carboxylic acids is 2. The van der Waals surface area contributed by atoms with E-state index in [4.69, 9.17) is 0 Å². The minimum absolute atomic E-state index is 0.274. The summed E-state index contributed by atoms with van der Waals surface area (Å²) < 4.78 is 14.8. The Bertz CT molecular complexity index is 714. The third-order valence-corrected chi connectivity index (χ3v) is 4.08. The van der Waals surface area contributed by atoms with E-state index < -0.39 is 23.7 Å². The Morgan fingerprint density at radius 3 is 2.77 bits per heavy atom. The zero-order valence-corrected chi connectivity index (χ0v) is 13.1. The molecular weight excluding hydrogens is 307 g/mol. The lowest BCUT2D eigenvalue weighted by Gasteiger charge is -2.19. The molecule has 1 aromatic carbocycles. The summed E-state index contributed by atoms with van der Waals surface area (Å²) in [4.78, 5) is 23.4. The van der Waals surface area contributed by atoms with Crippen LogP contribution in [-0.4, -0.2) is 34.5 Å². The lowest BCUT2D eigenvalue weighted by molar-refractivity contribution is -0.308. The zero-order chi connectivity index (χ0) is 16.3. The summed E-state index contributed by atoms with van der Waals surface area (Å²) in [6.07, 6.45) is 2.14. The van der Waals surface area contributed by atoms with Gasteiger partial charge in [0, 0.05) is 18.0 Å². The second-order valence-electron chi connectivity index (χ2n) is 4.92. The molecule has 1 atom stereocenters. The van der Waals surface area contributed by atoms with Crippen LogP contribution in [0.5, 0.6) is 0 Å².